The zero-order valence-electron chi connectivity index (χ0n) is 10.5. The Morgan fingerprint density at radius 1 is 1.05 bits per heavy atom. The zero-order chi connectivity index (χ0) is 15.0. The quantitative estimate of drug-likeness (QED) is 0.678. The molecule has 2 aromatic carbocycles. The van der Waals surface area contributed by atoms with Crippen molar-refractivity contribution in [2.24, 2.45) is 0 Å². The van der Waals surface area contributed by atoms with Gasteiger partial charge in [-0.1, -0.05) is 23.2 Å². The van der Waals surface area contributed by atoms with E-state index in [0.717, 1.165) is 4.47 Å². The Morgan fingerprint density at radius 3 is 2.57 bits per heavy atom. The summed E-state index contributed by atoms with van der Waals surface area (Å²) in [5, 5.41) is 12.9. The summed E-state index contributed by atoms with van der Waals surface area (Å²) in [5.74, 6) is 0.484. The van der Waals surface area contributed by atoms with Gasteiger partial charge in [-0.15, -0.1) is 5.10 Å². The summed E-state index contributed by atoms with van der Waals surface area (Å²) in [6, 6.07) is 10.5. The monoisotopic (exact) mass is 383 g/mol. The molecule has 0 radical (unpaired) electrons. The van der Waals surface area contributed by atoms with E-state index in [2.05, 4.69) is 31.5 Å². The molecule has 2 N–H and O–H groups in total. The number of anilines is 1. The lowest BCUT2D eigenvalue weighted by Crippen LogP contribution is -2.02. The molecule has 0 saturated heterocycles. The molecular formula is C13H8BrCl2N5. The number of hydrogen-bond acceptors (Lipinski definition) is 4. The van der Waals surface area contributed by atoms with Gasteiger partial charge in [-0.05, 0) is 62.8 Å². The summed E-state index contributed by atoms with van der Waals surface area (Å²) >= 11 is 15.5. The minimum Gasteiger partial charge on any atom is -0.398 e. The van der Waals surface area contributed by atoms with Gasteiger partial charge in [-0.3, -0.25) is 0 Å². The Balaban J connectivity index is 2.22. The van der Waals surface area contributed by atoms with Gasteiger partial charge >= 0.3 is 0 Å². The van der Waals surface area contributed by atoms with Crippen LogP contribution in [-0.2, 0) is 0 Å². The maximum Gasteiger partial charge on any atom is 0.189 e. The molecule has 0 unspecified atom stereocenters. The Labute approximate surface area is 138 Å². The smallest absolute Gasteiger partial charge is 0.189 e. The van der Waals surface area contributed by atoms with E-state index in [1.165, 1.54) is 0 Å². The predicted molar refractivity (Wildman–Crippen MR) is 86.7 cm³/mol. The molecule has 0 amide bonds. The molecular weight excluding hydrogens is 377 g/mol. The van der Waals surface area contributed by atoms with Gasteiger partial charge in [0.05, 0.1) is 5.69 Å². The first-order chi connectivity index (χ1) is 10.1. The summed E-state index contributed by atoms with van der Waals surface area (Å²) in [5.41, 5.74) is 7.89. The maximum atomic E-state index is 6.04. The van der Waals surface area contributed by atoms with Crippen LogP contribution in [-0.4, -0.2) is 20.2 Å². The van der Waals surface area contributed by atoms with E-state index in [9.17, 15) is 0 Å². The summed E-state index contributed by atoms with van der Waals surface area (Å²) in [6.07, 6.45) is 0. The van der Waals surface area contributed by atoms with Crippen molar-refractivity contribution in [1.29, 1.82) is 0 Å². The highest BCUT2D eigenvalue weighted by molar-refractivity contribution is 9.10. The fraction of sp³-hybridized carbons (Fsp3) is 0. The molecule has 0 aliphatic heterocycles. The van der Waals surface area contributed by atoms with E-state index in [4.69, 9.17) is 28.9 Å². The lowest BCUT2D eigenvalue weighted by molar-refractivity contribution is 0.789. The number of halogens is 3. The van der Waals surface area contributed by atoms with Crippen LogP contribution in [0.4, 0.5) is 5.69 Å². The Morgan fingerprint density at radius 2 is 1.76 bits per heavy atom. The first-order valence-corrected chi connectivity index (χ1v) is 7.40. The maximum absolute atomic E-state index is 6.04. The van der Waals surface area contributed by atoms with Crippen LogP contribution in [0.15, 0.2) is 40.9 Å². The van der Waals surface area contributed by atoms with E-state index < -0.39 is 0 Å². The first kappa shape index (κ1) is 14.3. The Hall–Kier alpha value is -1.63. The molecule has 1 aromatic heterocycles. The average molecular weight is 385 g/mol. The van der Waals surface area contributed by atoms with Crippen LogP contribution in [0, 0.1) is 0 Å². The second kappa shape index (κ2) is 5.63. The fourth-order valence-corrected chi connectivity index (χ4v) is 2.64. The van der Waals surface area contributed by atoms with Crippen LogP contribution in [0.25, 0.3) is 17.1 Å². The molecule has 0 atom stereocenters. The number of rotatable bonds is 2. The molecule has 3 rings (SSSR count). The third kappa shape index (κ3) is 2.74. The second-order valence-electron chi connectivity index (χ2n) is 4.24. The molecule has 106 valence electrons. The minimum absolute atomic E-state index is 0.484. The van der Waals surface area contributed by atoms with E-state index in [1.54, 1.807) is 35.0 Å². The highest BCUT2D eigenvalue weighted by Gasteiger charge is 2.16. The predicted octanol–water partition coefficient (Wildman–Crippen LogP) is 3.98. The van der Waals surface area contributed by atoms with Crippen molar-refractivity contribution in [3.63, 3.8) is 0 Å². The summed E-state index contributed by atoms with van der Waals surface area (Å²) in [6.45, 7) is 0. The zero-order valence-corrected chi connectivity index (χ0v) is 13.6. The molecule has 0 spiro atoms. The van der Waals surface area contributed by atoms with Crippen LogP contribution in [0.2, 0.25) is 10.0 Å². The van der Waals surface area contributed by atoms with Gasteiger partial charge in [-0.2, -0.15) is 4.68 Å². The first-order valence-electron chi connectivity index (χ1n) is 5.85. The number of aromatic nitrogens is 4. The minimum atomic E-state index is 0.484. The van der Waals surface area contributed by atoms with Crippen LogP contribution in [0.3, 0.4) is 0 Å². The number of nitrogen functional groups attached to an aromatic ring is 1. The third-order valence-corrected chi connectivity index (χ3v) is 4.00. The van der Waals surface area contributed by atoms with Gasteiger partial charge in [0.2, 0.25) is 0 Å². The molecule has 0 aliphatic carbocycles. The summed E-state index contributed by atoms with van der Waals surface area (Å²) in [4.78, 5) is 0. The molecule has 0 saturated carbocycles. The number of hydrogen-bond donors (Lipinski definition) is 1. The largest absolute Gasteiger partial charge is 0.398 e. The second-order valence-corrected chi connectivity index (χ2v) is 5.97. The number of tetrazole rings is 1. The van der Waals surface area contributed by atoms with Crippen LogP contribution in [0.5, 0.6) is 0 Å². The van der Waals surface area contributed by atoms with E-state index in [1.807, 2.05) is 6.07 Å². The fourth-order valence-electron chi connectivity index (χ4n) is 1.89. The van der Waals surface area contributed by atoms with Crippen LogP contribution >= 0.6 is 39.1 Å². The normalized spacial score (nSPS) is 10.8. The molecule has 0 fully saturated rings. The van der Waals surface area contributed by atoms with Crippen molar-refractivity contribution in [1.82, 2.24) is 20.2 Å². The van der Waals surface area contributed by atoms with Gasteiger partial charge in [0.15, 0.2) is 5.82 Å². The molecule has 1 heterocycles. The summed E-state index contributed by atoms with van der Waals surface area (Å²) < 4.78 is 2.36. The van der Waals surface area contributed by atoms with Gasteiger partial charge in [0, 0.05) is 25.8 Å². The molecule has 5 nitrogen and oxygen atoms in total. The molecule has 0 bridgehead atoms. The van der Waals surface area contributed by atoms with Crippen molar-refractivity contribution in [2.75, 3.05) is 5.73 Å². The molecule has 3 aromatic rings. The van der Waals surface area contributed by atoms with Crippen molar-refractivity contribution < 1.29 is 0 Å². The highest BCUT2D eigenvalue weighted by Crippen LogP contribution is 2.31. The van der Waals surface area contributed by atoms with Crippen molar-refractivity contribution in [3.05, 3.63) is 50.9 Å². The van der Waals surface area contributed by atoms with Crippen LogP contribution < -0.4 is 5.73 Å². The third-order valence-electron chi connectivity index (χ3n) is 2.86. The van der Waals surface area contributed by atoms with E-state index >= 15 is 0 Å². The lowest BCUT2D eigenvalue weighted by Gasteiger charge is -2.09. The summed E-state index contributed by atoms with van der Waals surface area (Å²) in [7, 11) is 0. The van der Waals surface area contributed by atoms with Gasteiger partial charge in [0.25, 0.3) is 0 Å². The Kier molecular flexibility index (Phi) is 3.84. The van der Waals surface area contributed by atoms with Crippen molar-refractivity contribution >= 4 is 44.8 Å². The Bertz CT molecular complexity index is 752. The van der Waals surface area contributed by atoms with Gasteiger partial charge in [0.1, 0.15) is 0 Å². The number of nitrogens with zero attached hydrogens (tertiary/aromatic N) is 4. The number of benzene rings is 2. The average Bonchev–Trinajstić information content (AvgIpc) is 2.93. The van der Waals surface area contributed by atoms with Gasteiger partial charge < -0.3 is 5.73 Å². The van der Waals surface area contributed by atoms with Gasteiger partial charge in [-0.25, -0.2) is 0 Å². The van der Waals surface area contributed by atoms with E-state index in [-0.39, 0.29) is 0 Å². The SMILES string of the molecule is Nc1ccc(Cl)cc1-c1nnnn1-c1cc(Cl)ccc1Br. The highest BCUT2D eigenvalue weighted by atomic mass is 79.9. The van der Waals surface area contributed by atoms with Crippen LogP contribution in [0.1, 0.15) is 0 Å². The van der Waals surface area contributed by atoms with E-state index in [0.29, 0.717) is 32.8 Å². The van der Waals surface area contributed by atoms with Crippen molar-refractivity contribution in [2.45, 2.75) is 0 Å². The molecule has 8 heteroatoms. The van der Waals surface area contributed by atoms with Crippen molar-refractivity contribution in [3.8, 4) is 17.1 Å². The number of nitrogens with two attached hydrogens (primary N) is 1. The lowest BCUT2D eigenvalue weighted by atomic mass is 10.1. The molecule has 0 aliphatic rings. The topological polar surface area (TPSA) is 69.6 Å². The standard InChI is InChI=1S/C13H8BrCl2N5/c14-10-3-1-8(16)6-12(10)21-13(18-19-20-21)9-5-7(15)2-4-11(9)17/h1-6H,17H2. The molecule has 21 heavy (non-hydrogen) atoms.